The van der Waals surface area contributed by atoms with Crippen molar-refractivity contribution in [1.29, 1.82) is 0 Å². The van der Waals surface area contributed by atoms with Gasteiger partial charge in [-0.25, -0.2) is 9.64 Å². The molecule has 0 amide bonds. The first-order chi connectivity index (χ1) is 18.9. The normalized spacial score (nSPS) is 12.7. The lowest BCUT2D eigenvalue weighted by Gasteiger charge is -2.32. The molecule has 0 atom stereocenters. The van der Waals surface area contributed by atoms with Crippen LogP contribution in [0.3, 0.4) is 0 Å². The number of carbonyl (C=O) groups is 1. The van der Waals surface area contributed by atoms with Crippen molar-refractivity contribution < 1.29 is 27.8 Å². The van der Waals surface area contributed by atoms with Gasteiger partial charge in [-0.2, -0.15) is 18.3 Å². The molecule has 1 N–H and O–H groups in total. The van der Waals surface area contributed by atoms with Crippen molar-refractivity contribution in [2.45, 2.75) is 46.3 Å². The number of halogens is 3. The second-order valence-corrected chi connectivity index (χ2v) is 9.75. The summed E-state index contributed by atoms with van der Waals surface area (Å²) in [6.07, 6.45) is -2.98. The Morgan fingerprint density at radius 2 is 1.77 bits per heavy atom. The lowest BCUT2D eigenvalue weighted by atomic mass is 10.00. The standard InChI is InChI=1S/C27H33N5O.C2HF3O2/c1-19-16-20(2)25(21(3)17-19)32-13-7-8-24-26(32)29-30(5)27(24)31(14-15-33-6)18-22-9-11-23(28-4)12-10-22;3-2(4,5)1(6)7/h9-12,16-17H,7-8,13-15,18H2,1-3,5-6H3;(H,6,7). The van der Waals surface area contributed by atoms with E-state index in [-0.39, 0.29) is 0 Å². The van der Waals surface area contributed by atoms with Gasteiger partial charge in [0.1, 0.15) is 5.82 Å². The highest BCUT2D eigenvalue weighted by molar-refractivity contribution is 5.75. The Morgan fingerprint density at radius 3 is 2.30 bits per heavy atom. The number of nitrogens with zero attached hydrogens (tertiary/aromatic N) is 5. The molecule has 4 rings (SSSR count). The van der Waals surface area contributed by atoms with Crippen LogP contribution in [0.25, 0.3) is 4.85 Å². The molecule has 0 aliphatic carbocycles. The summed E-state index contributed by atoms with van der Waals surface area (Å²) in [6.45, 7) is 16.9. The lowest BCUT2D eigenvalue weighted by Crippen LogP contribution is -2.30. The van der Waals surface area contributed by atoms with E-state index in [1.54, 1.807) is 7.11 Å². The molecule has 1 aliphatic rings. The number of hydrogen-bond acceptors (Lipinski definition) is 5. The number of ether oxygens (including phenoxy) is 1. The minimum atomic E-state index is -5.08. The summed E-state index contributed by atoms with van der Waals surface area (Å²) in [6, 6.07) is 12.4. The highest BCUT2D eigenvalue weighted by Gasteiger charge is 2.38. The van der Waals surface area contributed by atoms with Crippen LogP contribution in [0.1, 0.15) is 34.2 Å². The van der Waals surface area contributed by atoms with Crippen molar-refractivity contribution in [3.63, 3.8) is 0 Å². The van der Waals surface area contributed by atoms with Crippen molar-refractivity contribution in [3.8, 4) is 0 Å². The average molecular weight is 558 g/mol. The van der Waals surface area contributed by atoms with Gasteiger partial charge in [-0.1, -0.05) is 42.0 Å². The van der Waals surface area contributed by atoms with Crippen LogP contribution in [-0.4, -0.2) is 53.8 Å². The average Bonchev–Trinajstić information content (AvgIpc) is 3.22. The Kier molecular flexibility index (Phi) is 9.82. The number of aliphatic carboxylic acids is 1. The van der Waals surface area contributed by atoms with Crippen LogP contribution in [0.4, 0.5) is 36.2 Å². The first kappa shape index (κ1) is 30.5. The van der Waals surface area contributed by atoms with Crippen molar-refractivity contribution >= 4 is 29.0 Å². The van der Waals surface area contributed by atoms with Crippen LogP contribution in [-0.2, 0) is 29.5 Å². The van der Waals surface area contributed by atoms with E-state index in [0.717, 1.165) is 44.1 Å². The summed E-state index contributed by atoms with van der Waals surface area (Å²) in [5, 5.41) is 12.2. The van der Waals surface area contributed by atoms with E-state index in [9.17, 15) is 13.2 Å². The number of aryl methyl sites for hydroxylation is 4. The van der Waals surface area contributed by atoms with Gasteiger partial charge in [0, 0.05) is 45.0 Å². The zero-order chi connectivity index (χ0) is 29.6. The maximum absolute atomic E-state index is 10.6. The van der Waals surface area contributed by atoms with Gasteiger partial charge >= 0.3 is 12.1 Å². The highest BCUT2D eigenvalue weighted by Crippen LogP contribution is 2.41. The fraction of sp³-hybridized carbons (Fsp3) is 0.414. The Morgan fingerprint density at radius 1 is 1.18 bits per heavy atom. The van der Waals surface area contributed by atoms with Crippen LogP contribution in [0, 0.1) is 27.3 Å². The fourth-order valence-corrected chi connectivity index (χ4v) is 5.07. The predicted molar refractivity (Wildman–Crippen MR) is 149 cm³/mol. The molecular weight excluding hydrogens is 523 g/mol. The molecule has 2 heterocycles. The van der Waals surface area contributed by atoms with E-state index in [1.165, 1.54) is 33.5 Å². The summed E-state index contributed by atoms with van der Waals surface area (Å²) in [5.74, 6) is -0.532. The SMILES string of the molecule is O=C(O)C(F)(F)F.[C-]#[N+]c1ccc(CN(CCOC)c2c3c(nn2C)N(c2c(C)cc(C)cc2C)CCC3)cc1. The van der Waals surface area contributed by atoms with Gasteiger partial charge in [0.15, 0.2) is 11.5 Å². The van der Waals surface area contributed by atoms with Crippen molar-refractivity contribution in [1.82, 2.24) is 9.78 Å². The molecule has 0 bridgehead atoms. The number of aromatic nitrogens is 2. The monoisotopic (exact) mass is 557 g/mol. The van der Waals surface area contributed by atoms with Crippen LogP contribution >= 0.6 is 0 Å². The second-order valence-electron chi connectivity index (χ2n) is 9.75. The smallest absolute Gasteiger partial charge is 0.475 e. The molecule has 2 aromatic carbocycles. The molecule has 0 unspecified atom stereocenters. The third-order valence-corrected chi connectivity index (χ3v) is 6.61. The van der Waals surface area contributed by atoms with Crippen molar-refractivity contribution in [3.05, 3.63) is 75.6 Å². The van der Waals surface area contributed by atoms with E-state index >= 15 is 0 Å². The lowest BCUT2D eigenvalue weighted by molar-refractivity contribution is -0.192. The summed E-state index contributed by atoms with van der Waals surface area (Å²) >= 11 is 0. The molecule has 0 fully saturated rings. The summed E-state index contributed by atoms with van der Waals surface area (Å²) in [7, 11) is 3.79. The molecule has 214 valence electrons. The van der Waals surface area contributed by atoms with E-state index in [1.807, 2.05) is 36.0 Å². The molecule has 0 saturated heterocycles. The number of hydrogen-bond donors (Lipinski definition) is 1. The predicted octanol–water partition coefficient (Wildman–Crippen LogP) is 6.27. The number of methoxy groups -OCH3 is 1. The van der Waals surface area contributed by atoms with E-state index in [4.69, 9.17) is 26.3 Å². The molecular formula is C29H34F3N5O3. The fourth-order valence-electron chi connectivity index (χ4n) is 5.07. The minimum absolute atomic E-state index is 0.639. The van der Waals surface area contributed by atoms with E-state index in [0.29, 0.717) is 12.3 Å². The molecule has 0 radical (unpaired) electrons. The van der Waals surface area contributed by atoms with Gasteiger partial charge < -0.3 is 19.6 Å². The zero-order valence-electron chi connectivity index (χ0n) is 23.3. The second kappa shape index (κ2) is 12.9. The van der Waals surface area contributed by atoms with Gasteiger partial charge in [-0.3, -0.25) is 4.68 Å². The number of carboxylic acids is 1. The number of rotatable bonds is 7. The summed E-state index contributed by atoms with van der Waals surface area (Å²) in [4.78, 5) is 17.2. The van der Waals surface area contributed by atoms with Crippen LogP contribution in [0.5, 0.6) is 0 Å². The molecule has 0 saturated carbocycles. The largest absolute Gasteiger partial charge is 0.490 e. The van der Waals surface area contributed by atoms with Gasteiger partial charge in [0.2, 0.25) is 0 Å². The third-order valence-electron chi connectivity index (χ3n) is 6.61. The van der Waals surface area contributed by atoms with Crippen LogP contribution in [0.15, 0.2) is 36.4 Å². The van der Waals surface area contributed by atoms with Crippen molar-refractivity contribution in [2.24, 2.45) is 7.05 Å². The minimum Gasteiger partial charge on any atom is -0.475 e. The molecule has 1 aliphatic heterocycles. The molecule has 11 heteroatoms. The number of alkyl halides is 3. The van der Waals surface area contributed by atoms with Crippen molar-refractivity contribution in [2.75, 3.05) is 36.6 Å². The van der Waals surface area contributed by atoms with Gasteiger partial charge in [-0.05, 0) is 50.3 Å². The summed E-state index contributed by atoms with van der Waals surface area (Å²) in [5.41, 5.74) is 8.31. The Bertz CT molecular complexity index is 1350. The zero-order valence-corrected chi connectivity index (χ0v) is 23.3. The Balaban J connectivity index is 0.000000559. The first-order valence-electron chi connectivity index (χ1n) is 12.8. The summed E-state index contributed by atoms with van der Waals surface area (Å²) < 4.78 is 39.2. The van der Waals surface area contributed by atoms with Gasteiger partial charge in [0.05, 0.1) is 13.2 Å². The Hall–Kier alpha value is -4.04. The quantitative estimate of drug-likeness (QED) is 0.346. The molecule has 8 nitrogen and oxygen atoms in total. The van der Waals surface area contributed by atoms with Crippen LogP contribution in [0.2, 0.25) is 0 Å². The van der Waals surface area contributed by atoms with E-state index < -0.39 is 12.1 Å². The molecule has 0 spiro atoms. The number of fused-ring (bicyclic) bond motifs is 1. The molecule has 1 aromatic heterocycles. The maximum Gasteiger partial charge on any atom is 0.490 e. The molecule has 40 heavy (non-hydrogen) atoms. The van der Waals surface area contributed by atoms with Crippen LogP contribution < -0.4 is 9.80 Å². The number of carboxylic acid groups (broad SMARTS) is 1. The van der Waals surface area contributed by atoms with Gasteiger partial charge in [-0.15, -0.1) is 0 Å². The molecule has 3 aromatic rings. The van der Waals surface area contributed by atoms with E-state index in [2.05, 4.69) is 47.5 Å². The first-order valence-corrected chi connectivity index (χ1v) is 12.8. The highest BCUT2D eigenvalue weighted by atomic mass is 19.4. The Labute approximate surface area is 232 Å². The third kappa shape index (κ3) is 7.12. The number of anilines is 3. The maximum atomic E-state index is 10.6. The topological polar surface area (TPSA) is 75.2 Å². The van der Waals surface area contributed by atoms with Gasteiger partial charge in [0.25, 0.3) is 0 Å². The number of benzene rings is 2.